The molecule has 0 aliphatic heterocycles. The molecule has 0 spiro atoms. The Morgan fingerprint density at radius 3 is 2.21 bits per heavy atom. The maximum Gasteiger partial charge on any atom is 0.332 e. The summed E-state index contributed by atoms with van der Waals surface area (Å²) in [4.78, 5) is 21.7. The molecule has 0 aromatic heterocycles. The number of rotatable bonds is 2. The molecular weight excluding hydrogens is 184 g/mol. The van der Waals surface area contributed by atoms with Crippen LogP contribution in [-0.4, -0.2) is 22.2 Å². The molecule has 2 atom stereocenters. The lowest BCUT2D eigenvalue weighted by Crippen LogP contribution is -2.24. The van der Waals surface area contributed by atoms with Crippen molar-refractivity contribution in [2.45, 2.75) is 26.7 Å². The Kier molecular flexibility index (Phi) is 2.93. The maximum absolute atomic E-state index is 10.9. The predicted octanol–water partition coefficient (Wildman–Crippen LogP) is 1.52. The van der Waals surface area contributed by atoms with Gasteiger partial charge in [-0.15, -0.1) is 0 Å². The van der Waals surface area contributed by atoms with Crippen LogP contribution in [0.1, 0.15) is 26.7 Å². The summed E-state index contributed by atoms with van der Waals surface area (Å²) in [6.07, 6.45) is 1.11. The molecular formula is C10H14O4. The van der Waals surface area contributed by atoms with Crippen LogP contribution in [0.5, 0.6) is 0 Å². The molecule has 0 aromatic rings. The lowest BCUT2D eigenvalue weighted by atomic mass is 9.78. The molecule has 4 heteroatoms. The highest BCUT2D eigenvalue weighted by atomic mass is 16.4. The van der Waals surface area contributed by atoms with Crippen molar-refractivity contribution in [1.29, 1.82) is 0 Å². The predicted molar refractivity (Wildman–Crippen MR) is 49.9 cm³/mol. The molecule has 78 valence electrons. The van der Waals surface area contributed by atoms with Crippen LogP contribution in [0.25, 0.3) is 0 Å². The standard InChI is InChI=1S/C10H14O4/c1-5-3-6(2)8(10(13)14)7(4-5)9(11)12/h5-6H,3-4H2,1-2H3,(H,11,12)(H,13,14)/t5-,6-/m0/s1. The van der Waals surface area contributed by atoms with Crippen molar-refractivity contribution < 1.29 is 19.8 Å². The van der Waals surface area contributed by atoms with E-state index in [1.807, 2.05) is 6.92 Å². The Hall–Kier alpha value is -1.32. The lowest BCUT2D eigenvalue weighted by Gasteiger charge is -2.25. The second-order valence-electron chi connectivity index (χ2n) is 3.95. The first-order chi connectivity index (χ1) is 6.43. The van der Waals surface area contributed by atoms with E-state index in [0.717, 1.165) is 6.42 Å². The van der Waals surface area contributed by atoms with Crippen LogP contribution in [0.15, 0.2) is 11.1 Å². The van der Waals surface area contributed by atoms with Gasteiger partial charge in [-0.2, -0.15) is 0 Å². The van der Waals surface area contributed by atoms with Gasteiger partial charge in [0.25, 0.3) is 0 Å². The molecule has 0 unspecified atom stereocenters. The van der Waals surface area contributed by atoms with Gasteiger partial charge in [0, 0.05) is 5.57 Å². The van der Waals surface area contributed by atoms with Gasteiger partial charge < -0.3 is 10.2 Å². The fourth-order valence-corrected chi connectivity index (χ4v) is 2.10. The topological polar surface area (TPSA) is 74.6 Å². The molecule has 0 saturated carbocycles. The number of hydrogen-bond acceptors (Lipinski definition) is 2. The van der Waals surface area contributed by atoms with Crippen molar-refractivity contribution in [3.8, 4) is 0 Å². The highest BCUT2D eigenvalue weighted by Crippen LogP contribution is 2.33. The van der Waals surface area contributed by atoms with E-state index in [0.29, 0.717) is 6.42 Å². The first kappa shape index (κ1) is 10.8. The smallest absolute Gasteiger partial charge is 0.332 e. The zero-order chi connectivity index (χ0) is 10.9. The van der Waals surface area contributed by atoms with Crippen molar-refractivity contribution >= 4 is 11.9 Å². The molecule has 0 heterocycles. The summed E-state index contributed by atoms with van der Waals surface area (Å²) in [6.45, 7) is 3.71. The number of aliphatic carboxylic acids is 2. The average molecular weight is 198 g/mol. The Balaban J connectivity index is 3.15. The van der Waals surface area contributed by atoms with Crippen LogP contribution < -0.4 is 0 Å². The Labute approximate surface area is 82.2 Å². The van der Waals surface area contributed by atoms with E-state index in [1.165, 1.54) is 0 Å². The van der Waals surface area contributed by atoms with Crippen LogP contribution in [0.2, 0.25) is 0 Å². The van der Waals surface area contributed by atoms with Crippen molar-refractivity contribution in [2.75, 3.05) is 0 Å². The fourth-order valence-electron chi connectivity index (χ4n) is 2.10. The van der Waals surface area contributed by atoms with E-state index >= 15 is 0 Å². The van der Waals surface area contributed by atoms with E-state index in [-0.39, 0.29) is 23.0 Å². The van der Waals surface area contributed by atoms with Crippen molar-refractivity contribution in [3.05, 3.63) is 11.1 Å². The summed E-state index contributed by atoms with van der Waals surface area (Å²) in [5.74, 6) is -2.11. The summed E-state index contributed by atoms with van der Waals surface area (Å²) >= 11 is 0. The summed E-state index contributed by atoms with van der Waals surface area (Å²) in [5, 5.41) is 17.8. The highest BCUT2D eigenvalue weighted by molar-refractivity contribution is 5.99. The summed E-state index contributed by atoms with van der Waals surface area (Å²) < 4.78 is 0. The van der Waals surface area contributed by atoms with Gasteiger partial charge in [-0.1, -0.05) is 13.8 Å². The van der Waals surface area contributed by atoms with E-state index in [2.05, 4.69) is 0 Å². The van der Waals surface area contributed by atoms with Gasteiger partial charge in [-0.3, -0.25) is 0 Å². The Morgan fingerprint density at radius 1 is 1.21 bits per heavy atom. The van der Waals surface area contributed by atoms with Gasteiger partial charge in [0.2, 0.25) is 0 Å². The van der Waals surface area contributed by atoms with Gasteiger partial charge >= 0.3 is 11.9 Å². The van der Waals surface area contributed by atoms with Gasteiger partial charge in [0.1, 0.15) is 0 Å². The Bertz CT molecular complexity index is 303. The molecule has 2 N–H and O–H groups in total. The third kappa shape index (κ3) is 1.95. The minimum absolute atomic E-state index is 0.0729. The quantitative estimate of drug-likeness (QED) is 0.705. The van der Waals surface area contributed by atoms with E-state index < -0.39 is 11.9 Å². The molecule has 0 fully saturated rings. The van der Waals surface area contributed by atoms with Gasteiger partial charge in [0.15, 0.2) is 0 Å². The molecule has 0 aromatic carbocycles. The third-order valence-corrected chi connectivity index (χ3v) is 2.61. The second-order valence-corrected chi connectivity index (χ2v) is 3.95. The van der Waals surface area contributed by atoms with Gasteiger partial charge in [-0.05, 0) is 24.7 Å². The molecule has 1 aliphatic rings. The summed E-state index contributed by atoms with van der Waals surface area (Å²) in [5.41, 5.74) is 0.152. The Morgan fingerprint density at radius 2 is 1.79 bits per heavy atom. The van der Waals surface area contributed by atoms with Crippen LogP contribution in [0, 0.1) is 11.8 Å². The monoisotopic (exact) mass is 198 g/mol. The molecule has 0 radical (unpaired) electrons. The van der Waals surface area contributed by atoms with Crippen molar-refractivity contribution in [2.24, 2.45) is 11.8 Å². The maximum atomic E-state index is 10.9. The van der Waals surface area contributed by atoms with Crippen LogP contribution in [0.3, 0.4) is 0 Å². The molecule has 14 heavy (non-hydrogen) atoms. The fraction of sp³-hybridized carbons (Fsp3) is 0.600. The summed E-state index contributed by atoms with van der Waals surface area (Å²) in [7, 11) is 0. The zero-order valence-corrected chi connectivity index (χ0v) is 8.28. The third-order valence-electron chi connectivity index (χ3n) is 2.61. The van der Waals surface area contributed by atoms with E-state index in [9.17, 15) is 9.59 Å². The van der Waals surface area contributed by atoms with Crippen molar-refractivity contribution in [3.63, 3.8) is 0 Å². The molecule has 0 bridgehead atoms. The molecule has 0 amide bonds. The minimum atomic E-state index is -1.10. The largest absolute Gasteiger partial charge is 0.478 e. The number of carbonyl (C=O) groups is 2. The normalized spacial score (nSPS) is 27.6. The second kappa shape index (κ2) is 3.82. The van der Waals surface area contributed by atoms with E-state index in [1.54, 1.807) is 6.92 Å². The lowest BCUT2D eigenvalue weighted by molar-refractivity contribution is -0.137. The SMILES string of the molecule is C[C@@H]1CC(C(=O)O)=C(C(=O)O)[C@@H](C)C1. The van der Waals surface area contributed by atoms with E-state index in [4.69, 9.17) is 10.2 Å². The number of carboxylic acids is 2. The highest BCUT2D eigenvalue weighted by Gasteiger charge is 2.31. The molecule has 1 aliphatic carbocycles. The van der Waals surface area contributed by atoms with Crippen molar-refractivity contribution in [1.82, 2.24) is 0 Å². The first-order valence-electron chi connectivity index (χ1n) is 4.63. The number of hydrogen-bond donors (Lipinski definition) is 2. The molecule has 1 rings (SSSR count). The number of carboxylic acid groups (broad SMARTS) is 2. The minimum Gasteiger partial charge on any atom is -0.478 e. The van der Waals surface area contributed by atoms with Crippen LogP contribution >= 0.6 is 0 Å². The summed E-state index contributed by atoms with van der Waals surface area (Å²) in [6, 6.07) is 0. The average Bonchev–Trinajstić information content (AvgIpc) is 2.01. The van der Waals surface area contributed by atoms with Gasteiger partial charge in [-0.25, -0.2) is 9.59 Å². The molecule has 4 nitrogen and oxygen atoms in total. The van der Waals surface area contributed by atoms with Gasteiger partial charge in [0.05, 0.1) is 5.57 Å². The molecule has 0 saturated heterocycles. The zero-order valence-electron chi connectivity index (χ0n) is 8.28. The van der Waals surface area contributed by atoms with Crippen LogP contribution in [-0.2, 0) is 9.59 Å². The first-order valence-corrected chi connectivity index (χ1v) is 4.63. The van der Waals surface area contributed by atoms with Crippen LogP contribution in [0.4, 0.5) is 0 Å².